The molecule has 0 unspecified atom stereocenters. The van der Waals surface area contributed by atoms with Gasteiger partial charge in [-0.3, -0.25) is 4.79 Å². The molecule has 0 aliphatic carbocycles. The zero-order valence-corrected chi connectivity index (χ0v) is 36.1. The lowest BCUT2D eigenvalue weighted by molar-refractivity contribution is 0.0317. The number of amides is 2. The number of halogens is 2. The van der Waals surface area contributed by atoms with E-state index in [-0.39, 0.29) is 59.1 Å². The number of rotatable bonds is 12. The highest BCUT2D eigenvalue weighted by Crippen LogP contribution is 2.28. The van der Waals surface area contributed by atoms with Gasteiger partial charge in [-0.05, 0) is 82.1 Å². The van der Waals surface area contributed by atoms with Gasteiger partial charge in [-0.1, -0.05) is 12.1 Å². The summed E-state index contributed by atoms with van der Waals surface area (Å²) in [5.41, 5.74) is 13.4. The normalized spacial score (nSPS) is 18.1. The number of hydrogen-bond acceptors (Lipinski definition) is 17. The Balaban J connectivity index is 0.000000199. The smallest absolute Gasteiger partial charge is 0.408 e. The molecule has 0 bridgehead atoms. The zero-order valence-electron chi connectivity index (χ0n) is 36.1. The summed E-state index contributed by atoms with van der Waals surface area (Å²) in [6, 6.07) is 17.1. The van der Waals surface area contributed by atoms with E-state index in [1.807, 2.05) is 18.2 Å². The molecule has 2 amide bonds. The number of ether oxygens (including phenoxy) is 3. The summed E-state index contributed by atoms with van der Waals surface area (Å²) in [7, 11) is 0. The number of aromatic nitrogens is 8. The van der Waals surface area contributed by atoms with Crippen molar-refractivity contribution in [1.29, 1.82) is 5.26 Å². The lowest BCUT2D eigenvalue weighted by Crippen LogP contribution is -2.53. The van der Waals surface area contributed by atoms with Gasteiger partial charge >= 0.3 is 6.09 Å². The van der Waals surface area contributed by atoms with E-state index in [1.54, 1.807) is 82.0 Å². The van der Waals surface area contributed by atoms with Crippen molar-refractivity contribution >= 4 is 46.6 Å². The summed E-state index contributed by atoms with van der Waals surface area (Å²) < 4.78 is 45.7. The molecule has 0 radical (unpaired) electrons. The highest BCUT2D eigenvalue weighted by molar-refractivity contribution is 5.98. The van der Waals surface area contributed by atoms with Crippen molar-refractivity contribution < 1.29 is 32.6 Å². The van der Waals surface area contributed by atoms with Gasteiger partial charge in [0.25, 0.3) is 5.91 Å². The van der Waals surface area contributed by atoms with E-state index in [2.05, 4.69) is 56.9 Å². The van der Waals surface area contributed by atoms with Crippen LogP contribution >= 0.6 is 0 Å². The Kier molecular flexibility index (Phi) is 14.6. The lowest BCUT2D eigenvalue weighted by atomic mass is 10.0. The van der Waals surface area contributed by atoms with E-state index in [0.717, 1.165) is 12.1 Å². The van der Waals surface area contributed by atoms with Gasteiger partial charge in [-0.2, -0.15) is 35.2 Å². The summed E-state index contributed by atoms with van der Waals surface area (Å²) in [5, 5.41) is 40.9. The van der Waals surface area contributed by atoms with E-state index in [1.165, 1.54) is 9.59 Å². The Bertz CT molecular complexity index is 2660. The Morgan fingerprint density at radius 1 is 0.758 bits per heavy atom. The molecule has 66 heavy (non-hydrogen) atoms. The van der Waals surface area contributed by atoms with Crippen LogP contribution in [0, 0.1) is 23.0 Å². The maximum Gasteiger partial charge on any atom is 0.408 e. The fraction of sp³-hybridized carbons (Fsp3) is 0.326. The van der Waals surface area contributed by atoms with Crippen LogP contribution in [0.4, 0.5) is 48.2 Å². The first-order valence-corrected chi connectivity index (χ1v) is 20.7. The molecule has 9 N–H and O–H groups in total. The molecular weight excluding hydrogens is 859 g/mol. The average Bonchev–Trinajstić information content (AvgIpc) is 4.04. The number of hydrogen-bond donors (Lipinski definition) is 7. The number of alkyl carbamates (subject to hydrolysis) is 1. The van der Waals surface area contributed by atoms with E-state index >= 15 is 0 Å². The number of carbonyl (C=O) groups is 2. The fourth-order valence-corrected chi connectivity index (χ4v) is 6.83. The highest BCUT2D eigenvalue weighted by atomic mass is 19.1. The molecule has 6 aromatic rings. The quantitative estimate of drug-likeness (QED) is 0.0877. The van der Waals surface area contributed by atoms with Crippen molar-refractivity contribution in [3.63, 3.8) is 0 Å². The molecule has 0 spiro atoms. The van der Waals surface area contributed by atoms with Crippen LogP contribution in [0.2, 0.25) is 0 Å². The molecule has 2 aliphatic heterocycles. The molecular formula is C43H48F2N16O5. The third-order valence-electron chi connectivity index (χ3n) is 9.96. The molecule has 8 rings (SSSR count). The lowest BCUT2D eigenvalue weighted by Gasteiger charge is -2.33. The van der Waals surface area contributed by atoms with E-state index in [0.29, 0.717) is 55.4 Å². The second kappa shape index (κ2) is 20.8. The predicted molar refractivity (Wildman–Crippen MR) is 238 cm³/mol. The summed E-state index contributed by atoms with van der Waals surface area (Å²) in [4.78, 5) is 35.7. The highest BCUT2D eigenvalue weighted by Gasteiger charge is 2.31. The van der Waals surface area contributed by atoms with Gasteiger partial charge in [-0.15, -0.1) is 0 Å². The number of nitrogens with zero attached hydrogens (tertiary/aromatic N) is 9. The van der Waals surface area contributed by atoms with Gasteiger partial charge in [0.15, 0.2) is 29.1 Å². The van der Waals surface area contributed by atoms with Crippen LogP contribution in [0.1, 0.15) is 49.5 Å². The third kappa shape index (κ3) is 12.0. The molecule has 4 aromatic heterocycles. The minimum Gasteiger partial charge on any atom is -0.444 e. The number of carbonyl (C=O) groups excluding carboxylic acids is 2. The molecule has 2 saturated heterocycles. The van der Waals surface area contributed by atoms with Gasteiger partial charge in [0.2, 0.25) is 0 Å². The van der Waals surface area contributed by atoms with Crippen molar-refractivity contribution in [1.82, 2.24) is 45.3 Å². The summed E-state index contributed by atoms with van der Waals surface area (Å²) in [6.07, 6.45) is 6.78. The molecule has 4 atom stereocenters. The molecule has 2 fully saturated rings. The first-order valence-electron chi connectivity index (χ1n) is 20.7. The number of anilines is 6. The fourth-order valence-electron chi connectivity index (χ4n) is 6.83. The van der Waals surface area contributed by atoms with Crippen molar-refractivity contribution in [3.8, 4) is 17.4 Å². The number of primary amides is 1. The van der Waals surface area contributed by atoms with Crippen molar-refractivity contribution in [2.45, 2.75) is 63.4 Å². The Hall–Kier alpha value is -7.81. The largest absolute Gasteiger partial charge is 0.444 e. The van der Waals surface area contributed by atoms with Gasteiger partial charge in [-0.25, -0.2) is 23.5 Å². The molecule has 23 heteroatoms. The van der Waals surface area contributed by atoms with E-state index in [9.17, 15) is 23.6 Å². The van der Waals surface area contributed by atoms with E-state index < -0.39 is 35.3 Å². The van der Waals surface area contributed by atoms with Gasteiger partial charge in [0, 0.05) is 36.7 Å². The maximum absolute atomic E-state index is 14.9. The average molecular weight is 907 g/mol. The summed E-state index contributed by atoms with van der Waals surface area (Å²) in [5.74, 6) is -1.95. The first-order chi connectivity index (χ1) is 31.7. The van der Waals surface area contributed by atoms with Gasteiger partial charge in [0.05, 0.1) is 72.6 Å². The van der Waals surface area contributed by atoms with Crippen LogP contribution in [0.5, 0.6) is 0 Å². The van der Waals surface area contributed by atoms with Gasteiger partial charge < -0.3 is 52.3 Å². The molecule has 2 aliphatic rings. The maximum atomic E-state index is 14.9. The molecule has 21 nitrogen and oxygen atoms in total. The topological polar surface area (TPSA) is 285 Å². The van der Waals surface area contributed by atoms with Crippen LogP contribution in [0.3, 0.4) is 0 Å². The summed E-state index contributed by atoms with van der Waals surface area (Å²) >= 11 is 0. The van der Waals surface area contributed by atoms with Gasteiger partial charge in [0.1, 0.15) is 17.5 Å². The molecule has 2 aromatic carbocycles. The van der Waals surface area contributed by atoms with E-state index in [4.69, 9.17) is 25.7 Å². The monoisotopic (exact) mass is 906 g/mol. The van der Waals surface area contributed by atoms with Crippen molar-refractivity contribution in [3.05, 3.63) is 108 Å². The molecule has 0 saturated carbocycles. The minimum absolute atomic E-state index is 0.0188. The predicted octanol–water partition coefficient (Wildman–Crippen LogP) is 4.68. The Morgan fingerprint density at radius 2 is 1.29 bits per heavy atom. The van der Waals surface area contributed by atoms with Crippen LogP contribution < -0.4 is 38.1 Å². The summed E-state index contributed by atoms with van der Waals surface area (Å²) in [6.45, 7) is 6.86. The number of benzene rings is 2. The number of nitriles is 1. The Labute approximate surface area is 377 Å². The number of nitrogens with one attached hydrogen (secondary N) is 5. The van der Waals surface area contributed by atoms with Crippen LogP contribution in [0.25, 0.3) is 11.4 Å². The first kappa shape index (κ1) is 46.2. The minimum atomic E-state index is -0.803. The Morgan fingerprint density at radius 3 is 1.85 bits per heavy atom. The van der Waals surface area contributed by atoms with Crippen LogP contribution in [0.15, 0.2) is 85.5 Å². The van der Waals surface area contributed by atoms with Crippen LogP contribution in [-0.4, -0.2) is 108 Å². The molecule has 6 heterocycles. The van der Waals surface area contributed by atoms with Crippen LogP contribution in [-0.2, 0) is 14.2 Å². The van der Waals surface area contributed by atoms with Crippen molar-refractivity contribution in [2.75, 3.05) is 47.7 Å². The standard InChI is InChI=1S/C24H27FN8O3.C19H21FN8O2/c1-24(2,3)36-23(34)31-20-14-35-10-7-19(20)30-22-18(25)11-15(13-26)21(32-22)29-16-5-4-6-17(12-16)33-27-8-9-28-33;20-14-9-13(17(22)29)18(27-19(14)26-16-4-7-30-10-15(16)21)25-11-2-1-3-12(8-11)28-23-5-6-24-28/h4-6,8-9,11-12,19-20H,7,10,14H2,1-3H3,(H,31,34)(H2,29,30,32);1-3,5-6,8-9,15-16H,4,7,10,21H2,(H2,22,29)(H2,25,26,27)/t19-,20+;15-,16+/m10/s1. The SMILES string of the molecule is CC(C)(C)OC(=O)N[C@H]1COCC[C@H]1Nc1nc(Nc2cccc(-n3nccn3)c2)c(C#N)cc1F.NC(=O)c1cc(F)c(N[C@@H]2CCOC[C@@H]2N)nc1Nc1cccc(-n2nccn2)c1. The molecule has 344 valence electrons. The van der Waals surface area contributed by atoms with Crippen molar-refractivity contribution in [2.24, 2.45) is 11.5 Å². The zero-order chi connectivity index (χ0) is 46.8. The third-order valence-corrected chi connectivity index (χ3v) is 9.96. The second-order valence-corrected chi connectivity index (χ2v) is 16.0. The number of pyridine rings is 2. The second-order valence-electron chi connectivity index (χ2n) is 16.0. The number of nitrogens with two attached hydrogens (primary N) is 2.